The van der Waals surface area contributed by atoms with E-state index in [1.807, 2.05) is 0 Å². The summed E-state index contributed by atoms with van der Waals surface area (Å²) in [4.78, 5) is 0. The third kappa shape index (κ3) is 3.60. The fraction of sp³-hybridized carbons (Fsp3) is 0.667. The van der Waals surface area contributed by atoms with Gasteiger partial charge in [0.25, 0.3) is 0 Å². The minimum atomic E-state index is 0.470. The van der Waals surface area contributed by atoms with Crippen LogP contribution >= 0.6 is 0 Å². The van der Waals surface area contributed by atoms with Crippen LogP contribution in [0.5, 0.6) is 0 Å². The molecule has 0 radical (unpaired) electrons. The maximum atomic E-state index is 3.90. The lowest BCUT2D eigenvalue weighted by molar-refractivity contribution is 0.240. The summed E-state index contributed by atoms with van der Waals surface area (Å²) in [6.45, 7) is 9.06. The van der Waals surface area contributed by atoms with E-state index >= 15 is 0 Å². The van der Waals surface area contributed by atoms with Crippen LogP contribution in [0.1, 0.15) is 68.7 Å². The monoisotopic (exact) mass is 259 g/mol. The van der Waals surface area contributed by atoms with Crippen molar-refractivity contribution < 1.29 is 0 Å². The number of hydrogen-bond acceptors (Lipinski definition) is 1. The Hall–Kier alpha value is -0.820. The Balaban J connectivity index is 2.05. The highest BCUT2D eigenvalue weighted by atomic mass is 15.0. The topological polar surface area (TPSA) is 12.0 Å². The Morgan fingerprint density at radius 2 is 1.95 bits per heavy atom. The van der Waals surface area contributed by atoms with Gasteiger partial charge in [0.15, 0.2) is 0 Å². The lowest BCUT2D eigenvalue weighted by Gasteiger charge is -2.34. The Morgan fingerprint density at radius 3 is 2.63 bits per heavy atom. The van der Waals surface area contributed by atoms with Gasteiger partial charge < -0.3 is 5.32 Å². The van der Waals surface area contributed by atoms with Crippen LogP contribution in [0.4, 0.5) is 0 Å². The Labute approximate surface area is 118 Å². The van der Waals surface area contributed by atoms with E-state index in [0.717, 1.165) is 12.0 Å². The van der Waals surface area contributed by atoms with Crippen molar-refractivity contribution in [2.45, 2.75) is 71.9 Å². The molecule has 1 saturated carbocycles. The van der Waals surface area contributed by atoms with Gasteiger partial charge in [0, 0.05) is 12.1 Å². The second-order valence-corrected chi connectivity index (χ2v) is 6.31. The van der Waals surface area contributed by atoms with E-state index in [1.54, 1.807) is 0 Å². The van der Waals surface area contributed by atoms with Crippen LogP contribution in [0.3, 0.4) is 0 Å². The maximum absolute atomic E-state index is 3.90. The highest BCUT2D eigenvalue weighted by molar-refractivity contribution is 5.32. The second-order valence-electron chi connectivity index (χ2n) is 6.31. The third-order valence-electron chi connectivity index (χ3n) is 4.79. The zero-order valence-corrected chi connectivity index (χ0v) is 13.0. The largest absolute Gasteiger partial charge is 0.307 e. The lowest BCUT2D eigenvalue weighted by atomic mass is 9.82. The smallest absolute Gasteiger partial charge is 0.0297 e. The standard InChI is InChI=1S/C18H29N/c1-5-16-8-6-7-9-18(16)19-15(4)17-11-10-13(2)12-14(17)3/h10-12,15-16,18-19H,5-9H2,1-4H3. The molecule has 106 valence electrons. The summed E-state index contributed by atoms with van der Waals surface area (Å²) in [5, 5.41) is 3.90. The second kappa shape index (κ2) is 6.56. The van der Waals surface area contributed by atoms with Crippen LogP contribution in [0.2, 0.25) is 0 Å². The molecular weight excluding hydrogens is 230 g/mol. The Bertz CT molecular complexity index is 410. The fourth-order valence-corrected chi connectivity index (χ4v) is 3.64. The summed E-state index contributed by atoms with van der Waals surface area (Å²) in [5.41, 5.74) is 4.24. The first-order valence-corrected chi connectivity index (χ1v) is 7.95. The molecule has 3 atom stereocenters. The van der Waals surface area contributed by atoms with Crippen LogP contribution < -0.4 is 5.32 Å². The number of hydrogen-bond donors (Lipinski definition) is 1. The highest BCUT2D eigenvalue weighted by Gasteiger charge is 2.25. The predicted molar refractivity (Wildman–Crippen MR) is 83.5 cm³/mol. The number of benzene rings is 1. The molecular formula is C18H29N. The molecule has 0 heterocycles. The van der Waals surface area contributed by atoms with Gasteiger partial charge in [-0.15, -0.1) is 0 Å². The molecule has 0 amide bonds. The van der Waals surface area contributed by atoms with Crippen molar-refractivity contribution >= 4 is 0 Å². The zero-order chi connectivity index (χ0) is 13.8. The zero-order valence-electron chi connectivity index (χ0n) is 13.0. The van der Waals surface area contributed by atoms with Crippen LogP contribution in [0.25, 0.3) is 0 Å². The van der Waals surface area contributed by atoms with Gasteiger partial charge in [0.1, 0.15) is 0 Å². The first-order chi connectivity index (χ1) is 9.11. The molecule has 1 aromatic rings. The van der Waals surface area contributed by atoms with Crippen molar-refractivity contribution in [1.29, 1.82) is 0 Å². The van der Waals surface area contributed by atoms with Crippen molar-refractivity contribution in [2.75, 3.05) is 0 Å². The van der Waals surface area contributed by atoms with Gasteiger partial charge >= 0.3 is 0 Å². The molecule has 0 aliphatic heterocycles. The Kier molecular flexibility index (Phi) is 5.04. The fourth-order valence-electron chi connectivity index (χ4n) is 3.64. The van der Waals surface area contributed by atoms with E-state index in [0.29, 0.717) is 6.04 Å². The molecule has 2 rings (SSSR count). The van der Waals surface area contributed by atoms with Gasteiger partial charge in [-0.3, -0.25) is 0 Å². The molecule has 0 spiro atoms. The molecule has 1 nitrogen and oxygen atoms in total. The number of nitrogens with one attached hydrogen (secondary N) is 1. The average molecular weight is 259 g/mol. The number of aryl methyl sites for hydroxylation is 2. The molecule has 0 bridgehead atoms. The van der Waals surface area contributed by atoms with Gasteiger partial charge in [-0.1, -0.05) is 49.9 Å². The van der Waals surface area contributed by atoms with E-state index in [2.05, 4.69) is 51.2 Å². The van der Waals surface area contributed by atoms with Gasteiger partial charge in [-0.2, -0.15) is 0 Å². The van der Waals surface area contributed by atoms with Crippen molar-refractivity contribution in [3.63, 3.8) is 0 Å². The summed E-state index contributed by atoms with van der Waals surface area (Å²) in [6.07, 6.45) is 6.90. The summed E-state index contributed by atoms with van der Waals surface area (Å²) >= 11 is 0. The lowest BCUT2D eigenvalue weighted by Crippen LogP contribution is -2.39. The number of rotatable bonds is 4. The van der Waals surface area contributed by atoms with Crippen molar-refractivity contribution in [3.8, 4) is 0 Å². The molecule has 1 aliphatic carbocycles. The van der Waals surface area contributed by atoms with Crippen LogP contribution in [-0.2, 0) is 0 Å². The van der Waals surface area contributed by atoms with Crippen LogP contribution in [0, 0.1) is 19.8 Å². The predicted octanol–water partition coefficient (Wildman–Crippen LogP) is 4.92. The minimum absolute atomic E-state index is 0.470. The quantitative estimate of drug-likeness (QED) is 0.809. The van der Waals surface area contributed by atoms with Gasteiger partial charge in [-0.05, 0) is 50.7 Å². The van der Waals surface area contributed by atoms with Gasteiger partial charge in [0.05, 0.1) is 0 Å². The van der Waals surface area contributed by atoms with E-state index < -0.39 is 0 Å². The molecule has 1 heteroatoms. The van der Waals surface area contributed by atoms with E-state index in [1.165, 1.54) is 48.8 Å². The van der Waals surface area contributed by atoms with Gasteiger partial charge in [-0.25, -0.2) is 0 Å². The first-order valence-electron chi connectivity index (χ1n) is 7.95. The summed E-state index contributed by atoms with van der Waals surface area (Å²) in [6, 6.07) is 8.02. The molecule has 1 aliphatic rings. The van der Waals surface area contributed by atoms with Crippen LogP contribution in [0.15, 0.2) is 18.2 Å². The average Bonchev–Trinajstić information content (AvgIpc) is 2.39. The first kappa shape index (κ1) is 14.6. The van der Waals surface area contributed by atoms with E-state index in [4.69, 9.17) is 0 Å². The highest BCUT2D eigenvalue weighted by Crippen LogP contribution is 2.29. The molecule has 19 heavy (non-hydrogen) atoms. The molecule has 1 fully saturated rings. The molecule has 0 aromatic heterocycles. The SMILES string of the molecule is CCC1CCCCC1NC(C)c1ccc(C)cc1C. The Morgan fingerprint density at radius 1 is 1.21 bits per heavy atom. The van der Waals surface area contributed by atoms with Crippen molar-refractivity contribution in [3.05, 3.63) is 34.9 Å². The summed E-state index contributed by atoms with van der Waals surface area (Å²) in [7, 11) is 0. The molecule has 3 unspecified atom stereocenters. The van der Waals surface area contributed by atoms with Crippen molar-refractivity contribution in [1.82, 2.24) is 5.32 Å². The van der Waals surface area contributed by atoms with Gasteiger partial charge in [0.2, 0.25) is 0 Å². The molecule has 1 aromatic carbocycles. The molecule has 1 N–H and O–H groups in total. The summed E-state index contributed by atoms with van der Waals surface area (Å²) in [5.74, 6) is 0.877. The van der Waals surface area contributed by atoms with Crippen molar-refractivity contribution in [2.24, 2.45) is 5.92 Å². The van der Waals surface area contributed by atoms with Crippen LogP contribution in [-0.4, -0.2) is 6.04 Å². The molecule has 0 saturated heterocycles. The normalized spacial score (nSPS) is 25.3. The van der Waals surface area contributed by atoms with E-state index in [-0.39, 0.29) is 0 Å². The maximum Gasteiger partial charge on any atom is 0.0297 e. The van der Waals surface area contributed by atoms with E-state index in [9.17, 15) is 0 Å². The third-order valence-corrected chi connectivity index (χ3v) is 4.79. The minimum Gasteiger partial charge on any atom is -0.307 e. The summed E-state index contributed by atoms with van der Waals surface area (Å²) < 4.78 is 0.